The van der Waals surface area contributed by atoms with Gasteiger partial charge in [-0.15, -0.1) is 0 Å². The first kappa shape index (κ1) is 10.6. The zero-order chi connectivity index (χ0) is 10.5. The molecule has 2 atom stereocenters. The van der Waals surface area contributed by atoms with E-state index in [0.717, 1.165) is 18.6 Å². The SMILES string of the molecule is CC1CCOP(C#Cc2ccccc2)O1. The van der Waals surface area contributed by atoms with Gasteiger partial charge in [-0.25, -0.2) is 0 Å². The molecular formula is C12H13O2P. The highest BCUT2D eigenvalue weighted by atomic mass is 31.2. The largest absolute Gasteiger partial charge is 0.324 e. The van der Waals surface area contributed by atoms with Crippen molar-refractivity contribution >= 4 is 8.38 Å². The minimum absolute atomic E-state index is 0.273. The molecule has 0 N–H and O–H groups in total. The van der Waals surface area contributed by atoms with Crippen LogP contribution in [0, 0.1) is 11.6 Å². The van der Waals surface area contributed by atoms with E-state index in [-0.39, 0.29) is 6.10 Å². The lowest BCUT2D eigenvalue weighted by Crippen LogP contribution is -2.13. The topological polar surface area (TPSA) is 18.5 Å². The Morgan fingerprint density at radius 3 is 2.87 bits per heavy atom. The molecule has 0 aliphatic carbocycles. The van der Waals surface area contributed by atoms with E-state index in [9.17, 15) is 0 Å². The molecular weight excluding hydrogens is 207 g/mol. The molecule has 0 spiro atoms. The van der Waals surface area contributed by atoms with Gasteiger partial charge in [0.1, 0.15) is 0 Å². The van der Waals surface area contributed by atoms with Crippen LogP contribution in [0.3, 0.4) is 0 Å². The molecule has 2 unspecified atom stereocenters. The quantitative estimate of drug-likeness (QED) is 0.494. The van der Waals surface area contributed by atoms with Crippen molar-refractivity contribution in [3.05, 3.63) is 35.9 Å². The predicted octanol–water partition coefficient (Wildman–Crippen LogP) is 3.13. The third-order valence-electron chi connectivity index (χ3n) is 2.07. The van der Waals surface area contributed by atoms with E-state index >= 15 is 0 Å². The highest BCUT2D eigenvalue weighted by Gasteiger charge is 2.18. The van der Waals surface area contributed by atoms with Crippen LogP contribution in [0.5, 0.6) is 0 Å². The van der Waals surface area contributed by atoms with Crippen molar-refractivity contribution in [1.29, 1.82) is 0 Å². The summed E-state index contributed by atoms with van der Waals surface area (Å²) in [5, 5.41) is 0. The monoisotopic (exact) mass is 220 g/mol. The molecule has 78 valence electrons. The van der Waals surface area contributed by atoms with Gasteiger partial charge in [-0.05, 0) is 31.1 Å². The van der Waals surface area contributed by atoms with E-state index in [0.29, 0.717) is 0 Å². The Morgan fingerprint density at radius 2 is 2.13 bits per heavy atom. The predicted molar refractivity (Wildman–Crippen MR) is 61.4 cm³/mol. The normalized spacial score (nSPS) is 25.4. The van der Waals surface area contributed by atoms with Crippen LogP contribution in [0.1, 0.15) is 18.9 Å². The summed E-state index contributed by atoms with van der Waals surface area (Å²) in [4.78, 5) is 0. The lowest BCUT2D eigenvalue weighted by atomic mass is 10.2. The molecule has 1 fully saturated rings. The Bertz CT molecular complexity index is 366. The second-order valence-electron chi connectivity index (χ2n) is 3.40. The summed E-state index contributed by atoms with van der Waals surface area (Å²) < 4.78 is 11.0. The maximum absolute atomic E-state index is 5.58. The Morgan fingerprint density at radius 1 is 1.33 bits per heavy atom. The van der Waals surface area contributed by atoms with Gasteiger partial charge < -0.3 is 9.05 Å². The fourth-order valence-electron chi connectivity index (χ4n) is 1.24. The number of hydrogen-bond acceptors (Lipinski definition) is 2. The second kappa shape index (κ2) is 5.28. The van der Waals surface area contributed by atoms with Crippen molar-refractivity contribution < 1.29 is 9.05 Å². The van der Waals surface area contributed by atoms with Crippen LogP contribution < -0.4 is 0 Å². The van der Waals surface area contributed by atoms with Crippen molar-refractivity contribution in [3.8, 4) is 11.6 Å². The summed E-state index contributed by atoms with van der Waals surface area (Å²) in [6, 6.07) is 9.89. The molecule has 0 aromatic heterocycles. The zero-order valence-corrected chi connectivity index (χ0v) is 9.54. The minimum atomic E-state index is -0.996. The molecule has 2 rings (SSSR count). The van der Waals surface area contributed by atoms with Crippen molar-refractivity contribution in [2.45, 2.75) is 19.4 Å². The van der Waals surface area contributed by atoms with Gasteiger partial charge in [-0.2, -0.15) is 0 Å². The molecule has 0 bridgehead atoms. The van der Waals surface area contributed by atoms with E-state index < -0.39 is 8.38 Å². The molecule has 1 heterocycles. The smallest absolute Gasteiger partial charge is 0.257 e. The maximum atomic E-state index is 5.58. The van der Waals surface area contributed by atoms with Crippen molar-refractivity contribution in [3.63, 3.8) is 0 Å². The van der Waals surface area contributed by atoms with Gasteiger partial charge in [0, 0.05) is 5.56 Å². The van der Waals surface area contributed by atoms with Crippen molar-refractivity contribution in [2.24, 2.45) is 0 Å². The first-order chi connectivity index (χ1) is 7.34. The molecule has 1 aliphatic heterocycles. The molecule has 0 radical (unpaired) electrons. The van der Waals surface area contributed by atoms with Crippen LogP contribution in [0.15, 0.2) is 30.3 Å². The first-order valence-corrected chi connectivity index (χ1v) is 6.19. The van der Waals surface area contributed by atoms with Gasteiger partial charge in [0.15, 0.2) is 0 Å². The molecule has 3 heteroatoms. The van der Waals surface area contributed by atoms with E-state index in [1.165, 1.54) is 0 Å². The number of hydrogen-bond donors (Lipinski definition) is 0. The highest BCUT2D eigenvalue weighted by Crippen LogP contribution is 2.42. The van der Waals surface area contributed by atoms with E-state index in [1.54, 1.807) is 0 Å². The summed E-state index contributed by atoms with van der Waals surface area (Å²) in [7, 11) is -0.996. The Kier molecular flexibility index (Phi) is 3.75. The fraction of sp³-hybridized carbons (Fsp3) is 0.333. The molecule has 1 aromatic rings. The first-order valence-electron chi connectivity index (χ1n) is 5.01. The van der Waals surface area contributed by atoms with Crippen LogP contribution in [0.25, 0.3) is 0 Å². The number of benzene rings is 1. The molecule has 2 nitrogen and oxygen atoms in total. The second-order valence-corrected chi connectivity index (χ2v) is 4.60. The van der Waals surface area contributed by atoms with Gasteiger partial charge in [0.25, 0.3) is 8.38 Å². The maximum Gasteiger partial charge on any atom is 0.257 e. The molecule has 1 saturated heterocycles. The Hall–Kier alpha value is -0.870. The standard InChI is InChI=1S/C12H13O2P/c1-11-7-9-13-15(14-11)10-8-12-5-3-2-4-6-12/h2-6,11H,7,9H2,1H3. The average molecular weight is 220 g/mol. The molecule has 1 aromatic carbocycles. The summed E-state index contributed by atoms with van der Waals surface area (Å²) in [5.41, 5.74) is 4.04. The summed E-state index contributed by atoms with van der Waals surface area (Å²) in [5.74, 6) is 3.06. The lowest BCUT2D eigenvalue weighted by Gasteiger charge is -2.22. The van der Waals surface area contributed by atoms with Gasteiger partial charge in [0.05, 0.1) is 12.7 Å². The zero-order valence-electron chi connectivity index (χ0n) is 8.64. The summed E-state index contributed by atoms with van der Waals surface area (Å²) in [6.07, 6.45) is 1.24. The lowest BCUT2D eigenvalue weighted by molar-refractivity contribution is 0.126. The third kappa shape index (κ3) is 3.32. The molecule has 15 heavy (non-hydrogen) atoms. The summed E-state index contributed by atoms with van der Waals surface area (Å²) in [6.45, 7) is 2.82. The van der Waals surface area contributed by atoms with Crippen LogP contribution in [-0.4, -0.2) is 12.7 Å². The number of rotatable bonds is 0. The van der Waals surface area contributed by atoms with Gasteiger partial charge in [-0.3, -0.25) is 0 Å². The van der Waals surface area contributed by atoms with Crippen LogP contribution in [-0.2, 0) is 9.05 Å². The minimum Gasteiger partial charge on any atom is -0.324 e. The Labute approximate surface area is 91.5 Å². The highest BCUT2D eigenvalue weighted by molar-refractivity contribution is 7.53. The van der Waals surface area contributed by atoms with Crippen molar-refractivity contribution in [2.75, 3.05) is 6.61 Å². The van der Waals surface area contributed by atoms with E-state index in [2.05, 4.69) is 18.5 Å². The van der Waals surface area contributed by atoms with Gasteiger partial charge >= 0.3 is 0 Å². The van der Waals surface area contributed by atoms with Crippen LogP contribution >= 0.6 is 8.38 Å². The van der Waals surface area contributed by atoms with Crippen LogP contribution in [0.2, 0.25) is 0 Å². The van der Waals surface area contributed by atoms with E-state index in [4.69, 9.17) is 9.05 Å². The molecule has 0 amide bonds. The van der Waals surface area contributed by atoms with Gasteiger partial charge in [0.2, 0.25) is 0 Å². The molecule has 1 aliphatic rings. The average Bonchev–Trinajstić information content (AvgIpc) is 2.28. The van der Waals surface area contributed by atoms with E-state index in [1.807, 2.05) is 30.3 Å². The van der Waals surface area contributed by atoms with Crippen molar-refractivity contribution in [1.82, 2.24) is 0 Å². The summed E-state index contributed by atoms with van der Waals surface area (Å²) >= 11 is 0. The van der Waals surface area contributed by atoms with Crippen LogP contribution in [0.4, 0.5) is 0 Å². The molecule has 0 saturated carbocycles. The van der Waals surface area contributed by atoms with Gasteiger partial charge in [-0.1, -0.05) is 24.1 Å². The third-order valence-corrected chi connectivity index (χ3v) is 3.34. The fourth-order valence-corrected chi connectivity index (χ4v) is 2.34. The Balaban J connectivity index is 1.99.